The topological polar surface area (TPSA) is 39.1 Å². The van der Waals surface area contributed by atoms with Crippen LogP contribution in [-0.4, -0.2) is 16.8 Å². The molecule has 1 N–H and O–H groups in total. The van der Waals surface area contributed by atoms with Crippen LogP contribution in [0.3, 0.4) is 0 Å². The fourth-order valence-corrected chi connectivity index (χ4v) is 3.54. The maximum absolute atomic E-state index is 6.23. The van der Waals surface area contributed by atoms with Crippen LogP contribution in [0.2, 0.25) is 5.02 Å². The van der Waals surface area contributed by atoms with E-state index >= 15 is 0 Å². The van der Waals surface area contributed by atoms with Crippen molar-refractivity contribution in [2.24, 2.45) is 5.92 Å². The molecule has 1 heterocycles. The van der Waals surface area contributed by atoms with Gasteiger partial charge >= 0.3 is 0 Å². The highest BCUT2D eigenvalue weighted by molar-refractivity contribution is 6.31. The summed E-state index contributed by atoms with van der Waals surface area (Å²) < 4.78 is 8.10. The molecular weight excluding hydrogens is 357 g/mol. The van der Waals surface area contributed by atoms with Gasteiger partial charge in [-0.05, 0) is 31.9 Å². The van der Waals surface area contributed by atoms with Gasteiger partial charge in [-0.2, -0.15) is 5.10 Å². The Morgan fingerprint density at radius 3 is 2.72 bits per heavy atom. The van der Waals surface area contributed by atoms with E-state index in [9.17, 15) is 0 Å². The minimum atomic E-state index is 0. The van der Waals surface area contributed by atoms with Gasteiger partial charge in [-0.1, -0.05) is 49.1 Å². The maximum Gasteiger partial charge on any atom is 0.212 e. The Morgan fingerprint density at radius 2 is 2.00 bits per heavy atom. The minimum Gasteiger partial charge on any atom is -0.473 e. The molecule has 2 aromatic rings. The molecule has 0 radical (unpaired) electrons. The lowest BCUT2D eigenvalue weighted by molar-refractivity contribution is 0.245. The Kier molecular flexibility index (Phi) is 8.07. The molecule has 6 heteroatoms. The van der Waals surface area contributed by atoms with E-state index < -0.39 is 0 Å². The Hall–Kier alpha value is -1.23. The number of hydrogen-bond donors (Lipinski definition) is 1. The number of benzene rings is 1. The van der Waals surface area contributed by atoms with Gasteiger partial charge < -0.3 is 10.1 Å². The van der Waals surface area contributed by atoms with Crippen molar-refractivity contribution in [3.63, 3.8) is 0 Å². The van der Waals surface area contributed by atoms with Gasteiger partial charge in [-0.25, -0.2) is 4.68 Å². The maximum atomic E-state index is 6.23. The van der Waals surface area contributed by atoms with E-state index in [1.807, 2.05) is 42.1 Å². The van der Waals surface area contributed by atoms with Crippen molar-refractivity contribution in [1.82, 2.24) is 15.1 Å². The Labute approximate surface area is 161 Å². The second-order valence-corrected chi connectivity index (χ2v) is 6.98. The van der Waals surface area contributed by atoms with Gasteiger partial charge in [0.1, 0.15) is 6.61 Å². The first-order valence-corrected chi connectivity index (χ1v) is 9.21. The summed E-state index contributed by atoms with van der Waals surface area (Å²) in [6.07, 6.45) is 6.64. The largest absolute Gasteiger partial charge is 0.473 e. The van der Waals surface area contributed by atoms with E-state index in [-0.39, 0.29) is 12.4 Å². The van der Waals surface area contributed by atoms with Crippen LogP contribution in [0.15, 0.2) is 30.3 Å². The van der Waals surface area contributed by atoms with Crippen LogP contribution in [0.5, 0.6) is 5.88 Å². The summed E-state index contributed by atoms with van der Waals surface area (Å²) in [5, 5.41) is 8.63. The van der Waals surface area contributed by atoms with Gasteiger partial charge in [0, 0.05) is 29.7 Å². The molecule has 25 heavy (non-hydrogen) atoms. The summed E-state index contributed by atoms with van der Waals surface area (Å²) in [5.41, 5.74) is 2.02. The smallest absolute Gasteiger partial charge is 0.212 e. The molecular formula is C19H27Cl2N3O. The van der Waals surface area contributed by atoms with E-state index in [1.54, 1.807) is 0 Å². The highest BCUT2D eigenvalue weighted by Crippen LogP contribution is 2.27. The molecule has 1 saturated carbocycles. The normalized spacial score (nSPS) is 15.0. The van der Waals surface area contributed by atoms with Gasteiger partial charge in [0.25, 0.3) is 0 Å². The Balaban J connectivity index is 0.00000225. The van der Waals surface area contributed by atoms with Crippen LogP contribution in [0.25, 0.3) is 0 Å². The molecule has 138 valence electrons. The Bertz CT molecular complexity index is 654. The number of nitrogens with zero attached hydrogens (tertiary/aromatic N) is 2. The number of halogens is 2. The van der Waals surface area contributed by atoms with E-state index in [4.69, 9.17) is 21.4 Å². The highest BCUT2D eigenvalue weighted by Gasteiger charge is 2.17. The zero-order chi connectivity index (χ0) is 16.8. The third-order valence-electron chi connectivity index (χ3n) is 4.64. The van der Waals surface area contributed by atoms with Gasteiger partial charge in [0.2, 0.25) is 5.88 Å². The predicted octanol–water partition coefficient (Wildman–Crippen LogP) is 4.84. The van der Waals surface area contributed by atoms with Crippen molar-refractivity contribution in [2.45, 2.75) is 51.8 Å². The van der Waals surface area contributed by atoms with Gasteiger partial charge in [0.05, 0.1) is 5.69 Å². The number of rotatable bonds is 7. The fraction of sp³-hybridized carbons (Fsp3) is 0.526. The molecule has 0 bridgehead atoms. The van der Waals surface area contributed by atoms with Crippen molar-refractivity contribution in [3.05, 3.63) is 46.6 Å². The molecule has 1 aliphatic rings. The molecule has 1 aliphatic carbocycles. The standard InChI is InChI=1S/C19H26ClN3O.ClH/c1-21-12-17-11-19(24-14-16-9-5-6-10-18(16)20)23(22-17)13-15-7-3-2-4-8-15;/h5-6,9-11,15,21H,2-4,7-8,12-14H2,1H3;1H. The molecule has 0 spiro atoms. The molecule has 0 unspecified atom stereocenters. The molecule has 0 saturated heterocycles. The summed E-state index contributed by atoms with van der Waals surface area (Å²) in [4.78, 5) is 0. The number of nitrogens with one attached hydrogen (secondary N) is 1. The zero-order valence-electron chi connectivity index (χ0n) is 14.7. The molecule has 1 aromatic heterocycles. The van der Waals surface area contributed by atoms with Gasteiger partial charge in [0.15, 0.2) is 0 Å². The van der Waals surface area contributed by atoms with Crippen LogP contribution in [0.4, 0.5) is 0 Å². The summed E-state index contributed by atoms with van der Waals surface area (Å²) in [6.45, 7) is 2.16. The third-order valence-corrected chi connectivity index (χ3v) is 5.01. The fourth-order valence-electron chi connectivity index (χ4n) is 3.35. The summed E-state index contributed by atoms with van der Waals surface area (Å²) in [6, 6.07) is 9.85. The number of hydrogen-bond acceptors (Lipinski definition) is 3. The first-order valence-electron chi connectivity index (χ1n) is 8.84. The molecule has 4 nitrogen and oxygen atoms in total. The lowest BCUT2D eigenvalue weighted by atomic mass is 9.89. The van der Waals surface area contributed by atoms with E-state index in [1.165, 1.54) is 32.1 Å². The van der Waals surface area contributed by atoms with Crippen molar-refractivity contribution >= 4 is 24.0 Å². The first-order chi connectivity index (χ1) is 11.8. The lowest BCUT2D eigenvalue weighted by Gasteiger charge is -2.22. The lowest BCUT2D eigenvalue weighted by Crippen LogP contribution is -2.16. The van der Waals surface area contributed by atoms with Crippen molar-refractivity contribution < 1.29 is 4.74 Å². The van der Waals surface area contributed by atoms with Crippen molar-refractivity contribution in [3.8, 4) is 5.88 Å². The molecule has 1 aromatic carbocycles. The van der Waals surface area contributed by atoms with Crippen LogP contribution in [-0.2, 0) is 19.7 Å². The average Bonchev–Trinajstić information content (AvgIpc) is 2.97. The Morgan fingerprint density at radius 1 is 1.24 bits per heavy atom. The summed E-state index contributed by atoms with van der Waals surface area (Å²) in [5.74, 6) is 1.55. The molecule has 0 atom stereocenters. The van der Waals surface area contributed by atoms with Crippen LogP contribution < -0.4 is 10.1 Å². The van der Waals surface area contributed by atoms with Crippen LogP contribution in [0.1, 0.15) is 43.4 Å². The molecule has 0 aliphatic heterocycles. The molecule has 3 rings (SSSR count). The highest BCUT2D eigenvalue weighted by atomic mass is 35.5. The quantitative estimate of drug-likeness (QED) is 0.743. The number of aromatic nitrogens is 2. The molecule has 1 fully saturated rings. The predicted molar refractivity (Wildman–Crippen MR) is 105 cm³/mol. The molecule has 0 amide bonds. The minimum absolute atomic E-state index is 0. The third kappa shape index (κ3) is 5.63. The van der Waals surface area contributed by atoms with Crippen molar-refractivity contribution in [1.29, 1.82) is 0 Å². The van der Waals surface area contributed by atoms with Gasteiger partial charge in [-0.15, -0.1) is 12.4 Å². The van der Waals surface area contributed by atoms with Gasteiger partial charge in [-0.3, -0.25) is 0 Å². The average molecular weight is 384 g/mol. The number of ether oxygens (including phenoxy) is 1. The summed E-state index contributed by atoms with van der Waals surface area (Å²) >= 11 is 6.23. The van der Waals surface area contributed by atoms with E-state index in [0.29, 0.717) is 12.5 Å². The van der Waals surface area contributed by atoms with E-state index in [0.717, 1.165) is 35.2 Å². The second kappa shape index (κ2) is 10.0. The zero-order valence-corrected chi connectivity index (χ0v) is 16.3. The summed E-state index contributed by atoms with van der Waals surface area (Å²) in [7, 11) is 1.93. The first kappa shape index (κ1) is 20.1. The monoisotopic (exact) mass is 383 g/mol. The van der Waals surface area contributed by atoms with E-state index in [2.05, 4.69) is 5.32 Å². The van der Waals surface area contributed by atoms with Crippen molar-refractivity contribution in [2.75, 3.05) is 7.05 Å². The SMILES string of the molecule is CNCc1cc(OCc2ccccc2Cl)n(CC2CCCCC2)n1.Cl. The van der Waals surface area contributed by atoms with Crippen LogP contribution >= 0.6 is 24.0 Å². The second-order valence-electron chi connectivity index (χ2n) is 6.57. The van der Waals surface area contributed by atoms with Crippen LogP contribution in [0, 0.1) is 5.92 Å².